The second kappa shape index (κ2) is 10.5. The second-order valence-electron chi connectivity index (χ2n) is 9.93. The average Bonchev–Trinajstić information content (AvgIpc) is 2.88. The van der Waals surface area contributed by atoms with E-state index in [4.69, 9.17) is 4.74 Å². The number of ether oxygens (including phenoxy) is 1. The van der Waals surface area contributed by atoms with Crippen LogP contribution in [-0.4, -0.2) is 49.1 Å². The second-order valence-corrected chi connectivity index (χ2v) is 9.93. The van der Waals surface area contributed by atoms with Gasteiger partial charge in [-0.3, -0.25) is 4.90 Å². The molecule has 3 nitrogen and oxygen atoms in total. The summed E-state index contributed by atoms with van der Waals surface area (Å²) < 4.78 is 6.43. The molecule has 2 fully saturated rings. The average molecular weight is 441 g/mol. The molecule has 0 aromatic heterocycles. The van der Waals surface area contributed by atoms with Gasteiger partial charge in [-0.1, -0.05) is 78.9 Å². The molecule has 33 heavy (non-hydrogen) atoms. The number of hydrogen-bond donors (Lipinski definition) is 0. The third-order valence-corrected chi connectivity index (χ3v) is 7.68. The highest BCUT2D eigenvalue weighted by atomic mass is 16.5. The number of benzene rings is 3. The molecule has 3 heteroatoms. The third kappa shape index (κ3) is 5.66. The molecule has 0 amide bonds. The van der Waals surface area contributed by atoms with Gasteiger partial charge in [0.1, 0.15) is 5.75 Å². The van der Waals surface area contributed by atoms with Crippen molar-refractivity contribution < 1.29 is 4.74 Å². The van der Waals surface area contributed by atoms with Gasteiger partial charge >= 0.3 is 0 Å². The summed E-state index contributed by atoms with van der Waals surface area (Å²) in [4.78, 5) is 5.37. The van der Waals surface area contributed by atoms with Crippen molar-refractivity contribution in [3.8, 4) is 5.75 Å². The van der Waals surface area contributed by atoms with Crippen LogP contribution in [0.5, 0.6) is 5.75 Å². The Morgan fingerprint density at radius 3 is 2.15 bits per heavy atom. The molecule has 0 spiro atoms. The molecule has 0 N–H and O–H groups in total. The fourth-order valence-corrected chi connectivity index (χ4v) is 5.74. The zero-order valence-corrected chi connectivity index (χ0v) is 19.6. The summed E-state index contributed by atoms with van der Waals surface area (Å²) in [5.74, 6) is 1.69. The first-order valence-electron chi connectivity index (χ1n) is 12.5. The summed E-state index contributed by atoms with van der Waals surface area (Å²) in [6.07, 6.45) is 3.60. The van der Waals surface area contributed by atoms with Crippen molar-refractivity contribution in [2.45, 2.75) is 25.8 Å². The van der Waals surface area contributed by atoms with Crippen molar-refractivity contribution in [1.82, 2.24) is 9.80 Å². The molecule has 3 aromatic carbocycles. The van der Waals surface area contributed by atoms with Gasteiger partial charge in [-0.05, 0) is 61.5 Å². The molecule has 2 aliphatic rings. The highest BCUT2D eigenvalue weighted by molar-refractivity contribution is 5.21. The van der Waals surface area contributed by atoms with E-state index in [1.54, 1.807) is 0 Å². The summed E-state index contributed by atoms with van der Waals surface area (Å²) >= 11 is 0. The Morgan fingerprint density at radius 2 is 1.42 bits per heavy atom. The maximum atomic E-state index is 6.43. The van der Waals surface area contributed by atoms with E-state index >= 15 is 0 Å². The lowest BCUT2D eigenvalue weighted by molar-refractivity contribution is -0.0638. The number of piperidine rings is 2. The Morgan fingerprint density at radius 1 is 0.758 bits per heavy atom. The van der Waals surface area contributed by atoms with Crippen LogP contribution in [0.15, 0.2) is 91.0 Å². The maximum Gasteiger partial charge on any atom is 0.119 e. The first kappa shape index (κ1) is 22.2. The van der Waals surface area contributed by atoms with Crippen molar-refractivity contribution in [3.05, 3.63) is 102 Å². The molecule has 3 aromatic rings. The molecular weight excluding hydrogens is 404 g/mol. The first-order valence-corrected chi connectivity index (χ1v) is 12.5. The van der Waals surface area contributed by atoms with Crippen molar-refractivity contribution in [2.75, 3.05) is 39.3 Å². The quantitative estimate of drug-likeness (QED) is 0.459. The molecule has 2 aliphatic heterocycles. The van der Waals surface area contributed by atoms with Crippen LogP contribution in [0.1, 0.15) is 24.0 Å². The number of hydrogen-bond acceptors (Lipinski definition) is 3. The van der Waals surface area contributed by atoms with Gasteiger partial charge in [-0.15, -0.1) is 0 Å². The van der Waals surface area contributed by atoms with Gasteiger partial charge in [0.05, 0.1) is 6.61 Å². The minimum Gasteiger partial charge on any atom is -0.493 e. The Bertz CT molecular complexity index is 978. The van der Waals surface area contributed by atoms with Crippen molar-refractivity contribution in [3.63, 3.8) is 0 Å². The highest BCUT2D eigenvalue weighted by Gasteiger charge is 2.47. The largest absolute Gasteiger partial charge is 0.493 e. The van der Waals surface area contributed by atoms with E-state index in [2.05, 4.69) is 101 Å². The molecule has 0 saturated carbocycles. The molecule has 2 saturated heterocycles. The van der Waals surface area contributed by atoms with Crippen LogP contribution in [-0.2, 0) is 13.0 Å². The maximum absolute atomic E-state index is 6.43. The van der Waals surface area contributed by atoms with Crippen LogP contribution >= 0.6 is 0 Å². The molecule has 0 radical (unpaired) electrons. The van der Waals surface area contributed by atoms with Crippen molar-refractivity contribution >= 4 is 0 Å². The smallest absolute Gasteiger partial charge is 0.119 e. The minimum atomic E-state index is 0.234. The molecule has 0 aliphatic carbocycles. The minimum absolute atomic E-state index is 0.234. The predicted molar refractivity (Wildman–Crippen MR) is 135 cm³/mol. The van der Waals surface area contributed by atoms with E-state index in [0.29, 0.717) is 5.92 Å². The fraction of sp³-hybridized carbons (Fsp3) is 0.400. The summed E-state index contributed by atoms with van der Waals surface area (Å²) in [6.45, 7) is 7.70. The van der Waals surface area contributed by atoms with Crippen LogP contribution in [0, 0.1) is 11.3 Å². The van der Waals surface area contributed by atoms with Gasteiger partial charge in [0.25, 0.3) is 0 Å². The van der Waals surface area contributed by atoms with Crippen molar-refractivity contribution in [1.29, 1.82) is 0 Å². The fourth-order valence-electron chi connectivity index (χ4n) is 5.74. The number of para-hydroxylation sites is 1. The van der Waals surface area contributed by atoms with Crippen molar-refractivity contribution in [2.24, 2.45) is 11.3 Å². The number of fused-ring (bicyclic) bond motifs is 1. The lowest BCUT2D eigenvalue weighted by Gasteiger charge is -2.53. The molecule has 2 atom stereocenters. The molecule has 2 unspecified atom stereocenters. The SMILES string of the molecule is c1ccc(CCN2CCC3CN(Cc4ccccc4)CCC3(COc3ccccc3)C2)cc1. The Balaban J connectivity index is 1.27. The van der Waals surface area contributed by atoms with E-state index in [1.165, 1.54) is 37.1 Å². The van der Waals surface area contributed by atoms with Crippen LogP contribution in [0.25, 0.3) is 0 Å². The number of nitrogens with zero attached hydrogens (tertiary/aromatic N) is 2. The monoisotopic (exact) mass is 440 g/mol. The first-order chi connectivity index (χ1) is 16.3. The van der Waals surface area contributed by atoms with Gasteiger partial charge in [0, 0.05) is 31.6 Å². The zero-order valence-electron chi connectivity index (χ0n) is 19.6. The molecule has 172 valence electrons. The number of rotatable bonds is 8. The normalized spacial score (nSPS) is 23.7. The zero-order chi connectivity index (χ0) is 22.3. The standard InChI is InChI=1S/C30H36N2O/c1-4-10-26(11-5-1)16-19-31-20-17-28-23-32(22-27-12-6-2-7-13-27)21-18-30(28,24-31)25-33-29-14-8-3-9-15-29/h1-15,28H,16-25H2. The summed E-state index contributed by atoms with van der Waals surface area (Å²) in [5.41, 5.74) is 3.09. The van der Waals surface area contributed by atoms with Crippen LogP contribution in [0.3, 0.4) is 0 Å². The molecule has 5 rings (SSSR count). The van der Waals surface area contributed by atoms with Crippen LogP contribution in [0.4, 0.5) is 0 Å². The van der Waals surface area contributed by atoms with Crippen LogP contribution in [0.2, 0.25) is 0 Å². The summed E-state index contributed by atoms with van der Waals surface area (Å²) in [7, 11) is 0. The van der Waals surface area contributed by atoms with E-state index in [0.717, 1.165) is 45.0 Å². The van der Waals surface area contributed by atoms with Gasteiger partial charge in [-0.2, -0.15) is 0 Å². The van der Waals surface area contributed by atoms with Gasteiger partial charge < -0.3 is 9.64 Å². The van der Waals surface area contributed by atoms with Gasteiger partial charge in [0.2, 0.25) is 0 Å². The summed E-state index contributed by atoms with van der Waals surface area (Å²) in [6, 6.07) is 32.2. The van der Waals surface area contributed by atoms with E-state index in [9.17, 15) is 0 Å². The third-order valence-electron chi connectivity index (χ3n) is 7.68. The lowest BCUT2D eigenvalue weighted by Crippen LogP contribution is -2.58. The lowest BCUT2D eigenvalue weighted by atomic mass is 9.66. The molecular formula is C30H36N2O. The topological polar surface area (TPSA) is 15.7 Å². The Hall–Kier alpha value is -2.62. The van der Waals surface area contributed by atoms with Gasteiger partial charge in [-0.25, -0.2) is 0 Å². The Labute approximate surface area is 199 Å². The molecule has 2 heterocycles. The predicted octanol–water partition coefficient (Wildman–Crippen LogP) is 5.52. The highest BCUT2D eigenvalue weighted by Crippen LogP contribution is 2.43. The molecule has 0 bridgehead atoms. The van der Waals surface area contributed by atoms with Crippen LogP contribution < -0.4 is 4.74 Å². The van der Waals surface area contributed by atoms with Gasteiger partial charge in [0.15, 0.2) is 0 Å². The van der Waals surface area contributed by atoms with E-state index in [1.807, 2.05) is 0 Å². The van der Waals surface area contributed by atoms with E-state index in [-0.39, 0.29) is 5.41 Å². The number of likely N-dealkylation sites (tertiary alicyclic amines) is 2. The Kier molecular flexibility index (Phi) is 7.09. The van der Waals surface area contributed by atoms with E-state index < -0.39 is 0 Å². The summed E-state index contributed by atoms with van der Waals surface area (Å²) in [5, 5.41) is 0.